The minimum absolute atomic E-state index is 0.139. The van der Waals surface area contributed by atoms with E-state index in [0.29, 0.717) is 0 Å². The van der Waals surface area contributed by atoms with Crippen molar-refractivity contribution in [3.63, 3.8) is 0 Å². The molecule has 0 aromatic rings. The van der Waals surface area contributed by atoms with Crippen molar-refractivity contribution in [3.05, 3.63) is 14.9 Å². The number of thioether (sulfide) groups is 3. The molecule has 0 radical (unpaired) electrons. The van der Waals surface area contributed by atoms with E-state index in [4.69, 9.17) is 0 Å². The monoisotopic (exact) mass is 400 g/mol. The lowest BCUT2D eigenvalue weighted by Gasteiger charge is -2.24. The van der Waals surface area contributed by atoms with Gasteiger partial charge in [0.2, 0.25) is 0 Å². The summed E-state index contributed by atoms with van der Waals surface area (Å²) in [6, 6.07) is 0. The summed E-state index contributed by atoms with van der Waals surface area (Å²) >= 11 is 5.62. The van der Waals surface area contributed by atoms with Crippen molar-refractivity contribution in [2.75, 3.05) is 0 Å². The molecule has 0 spiro atoms. The standard InChI is InChI=1S/C20H36S3Si/c1-18(2,3)21-16(13-14-24(10,11)12)15-17(22-19(4,5)6)23-20(7,8)9/h1-12H3. The van der Waals surface area contributed by atoms with E-state index in [-0.39, 0.29) is 14.2 Å². The Morgan fingerprint density at radius 3 is 1.33 bits per heavy atom. The first-order valence-electron chi connectivity index (χ1n) is 8.47. The molecule has 0 amide bonds. The van der Waals surface area contributed by atoms with Crippen LogP contribution >= 0.6 is 35.3 Å². The van der Waals surface area contributed by atoms with Gasteiger partial charge in [0.15, 0.2) is 0 Å². The van der Waals surface area contributed by atoms with Gasteiger partial charge in [-0.05, 0) is 0 Å². The van der Waals surface area contributed by atoms with E-state index in [0.717, 1.165) is 4.91 Å². The zero-order valence-electron chi connectivity index (χ0n) is 17.7. The number of hydrogen-bond donors (Lipinski definition) is 0. The van der Waals surface area contributed by atoms with E-state index >= 15 is 0 Å². The highest BCUT2D eigenvalue weighted by Gasteiger charge is 2.21. The van der Waals surface area contributed by atoms with Gasteiger partial charge in [-0.2, -0.15) is 0 Å². The van der Waals surface area contributed by atoms with Crippen LogP contribution in [0.1, 0.15) is 62.3 Å². The molecule has 0 unspecified atom stereocenters. The molecule has 0 rings (SSSR count). The van der Waals surface area contributed by atoms with Gasteiger partial charge in [0.1, 0.15) is 13.0 Å². The number of hydrogen-bond acceptors (Lipinski definition) is 3. The Labute approximate surface area is 165 Å². The highest BCUT2D eigenvalue weighted by Crippen LogP contribution is 2.44. The molecule has 24 heavy (non-hydrogen) atoms. The van der Waals surface area contributed by atoms with Crippen LogP contribution < -0.4 is 0 Å². The summed E-state index contributed by atoms with van der Waals surface area (Å²) < 4.78 is 1.72. The Morgan fingerprint density at radius 2 is 1.04 bits per heavy atom. The maximum atomic E-state index is 3.67. The van der Waals surface area contributed by atoms with E-state index in [1.54, 1.807) is 0 Å². The largest absolute Gasteiger partial charge is 0.129 e. The van der Waals surface area contributed by atoms with Gasteiger partial charge in [0, 0.05) is 14.2 Å². The van der Waals surface area contributed by atoms with Gasteiger partial charge in [-0.25, -0.2) is 0 Å². The zero-order valence-corrected chi connectivity index (χ0v) is 21.2. The molecule has 0 nitrogen and oxygen atoms in total. The summed E-state index contributed by atoms with van der Waals surface area (Å²) in [6.45, 7) is 27.1. The van der Waals surface area contributed by atoms with Crippen LogP contribution in [0, 0.1) is 11.5 Å². The average molecular weight is 401 g/mol. The highest BCUT2D eigenvalue weighted by atomic mass is 32.2. The SMILES string of the molecule is CC(C)(C)SC(=C=C(SC(C)(C)C)SC(C)(C)C)C#C[Si](C)(C)C. The molecule has 0 saturated carbocycles. The van der Waals surface area contributed by atoms with Crippen LogP contribution in [0.2, 0.25) is 19.6 Å². The topological polar surface area (TPSA) is 0 Å². The van der Waals surface area contributed by atoms with Crippen LogP contribution in [-0.4, -0.2) is 22.3 Å². The van der Waals surface area contributed by atoms with Crippen LogP contribution in [-0.2, 0) is 0 Å². The second-order valence-electron chi connectivity index (χ2n) is 9.88. The molecule has 4 heteroatoms. The lowest BCUT2D eigenvalue weighted by molar-refractivity contribution is 0.803. The van der Waals surface area contributed by atoms with Gasteiger partial charge in [-0.1, -0.05) is 93.6 Å². The van der Waals surface area contributed by atoms with Crippen molar-refractivity contribution in [1.29, 1.82) is 0 Å². The Balaban J connectivity index is 6.11. The summed E-state index contributed by atoms with van der Waals surface area (Å²) in [7, 11) is -1.40. The summed E-state index contributed by atoms with van der Waals surface area (Å²) in [5.74, 6) is 3.45. The van der Waals surface area contributed by atoms with Gasteiger partial charge in [-0.15, -0.1) is 40.8 Å². The summed E-state index contributed by atoms with van der Waals surface area (Å²) in [6.07, 6.45) is 0. The van der Waals surface area contributed by atoms with Gasteiger partial charge in [0.25, 0.3) is 0 Å². The average Bonchev–Trinajstić information content (AvgIpc) is 2.17. The van der Waals surface area contributed by atoms with Gasteiger partial charge in [-0.3, -0.25) is 0 Å². The van der Waals surface area contributed by atoms with Crippen LogP contribution in [0.3, 0.4) is 0 Å². The predicted molar refractivity (Wildman–Crippen MR) is 124 cm³/mol. The lowest BCUT2D eigenvalue weighted by atomic mass is 10.3. The van der Waals surface area contributed by atoms with Crippen molar-refractivity contribution in [2.24, 2.45) is 0 Å². The molecule has 0 N–H and O–H groups in total. The molecule has 0 atom stereocenters. The van der Waals surface area contributed by atoms with E-state index in [1.807, 2.05) is 35.3 Å². The smallest absolute Gasteiger partial charge is 0.126 e. The lowest BCUT2D eigenvalue weighted by Crippen LogP contribution is -2.16. The zero-order chi connectivity index (χ0) is 19.4. The second-order valence-corrected chi connectivity index (χ2v) is 20.4. The summed E-state index contributed by atoms with van der Waals surface area (Å²) in [5.41, 5.74) is 7.18. The highest BCUT2D eigenvalue weighted by molar-refractivity contribution is 8.23. The molecule has 0 fully saturated rings. The maximum Gasteiger partial charge on any atom is 0.129 e. The molecule has 0 heterocycles. The molecule has 0 aliphatic heterocycles. The Hall–Kier alpha value is 0.347. The Bertz CT molecular complexity index is 525. The second kappa shape index (κ2) is 8.83. The summed E-state index contributed by atoms with van der Waals surface area (Å²) in [5, 5.41) is 0. The predicted octanol–water partition coefficient (Wildman–Crippen LogP) is 7.79. The fourth-order valence-electron chi connectivity index (χ4n) is 1.35. The van der Waals surface area contributed by atoms with Gasteiger partial charge < -0.3 is 0 Å². The minimum Gasteiger partial charge on any atom is -0.126 e. The van der Waals surface area contributed by atoms with Crippen molar-refractivity contribution in [1.82, 2.24) is 0 Å². The number of rotatable bonds is 3. The maximum absolute atomic E-state index is 3.67. The first-order valence-corrected chi connectivity index (χ1v) is 14.4. The molecular formula is C20H36S3Si. The Kier molecular flexibility index (Phi) is 8.95. The van der Waals surface area contributed by atoms with Crippen LogP contribution in [0.15, 0.2) is 14.9 Å². The molecule has 0 bridgehead atoms. The van der Waals surface area contributed by atoms with Crippen molar-refractivity contribution >= 4 is 43.4 Å². The third kappa shape index (κ3) is 15.9. The summed E-state index contributed by atoms with van der Waals surface area (Å²) in [4.78, 5) is 1.08. The minimum atomic E-state index is -1.40. The first-order chi connectivity index (χ1) is 10.4. The Morgan fingerprint density at radius 1 is 0.667 bits per heavy atom. The van der Waals surface area contributed by atoms with Crippen LogP contribution in [0.5, 0.6) is 0 Å². The normalized spacial score (nSPS) is 13.0. The third-order valence-electron chi connectivity index (χ3n) is 1.97. The van der Waals surface area contributed by atoms with Crippen LogP contribution in [0.4, 0.5) is 0 Å². The van der Waals surface area contributed by atoms with Crippen molar-refractivity contribution < 1.29 is 0 Å². The van der Waals surface area contributed by atoms with E-state index < -0.39 is 8.07 Å². The van der Waals surface area contributed by atoms with E-state index in [2.05, 4.69) is 99.2 Å². The van der Waals surface area contributed by atoms with Gasteiger partial charge in [0.05, 0.1) is 4.24 Å². The third-order valence-corrected chi connectivity index (χ3v) is 6.17. The van der Waals surface area contributed by atoms with E-state index in [9.17, 15) is 0 Å². The molecule has 0 saturated heterocycles. The van der Waals surface area contributed by atoms with Crippen LogP contribution in [0.25, 0.3) is 0 Å². The molecular weight excluding hydrogens is 365 g/mol. The van der Waals surface area contributed by atoms with Crippen molar-refractivity contribution in [3.8, 4) is 11.5 Å². The van der Waals surface area contributed by atoms with Crippen molar-refractivity contribution in [2.45, 2.75) is 96.2 Å². The number of allylic oxidation sites excluding steroid dienone is 1. The van der Waals surface area contributed by atoms with Gasteiger partial charge >= 0.3 is 0 Å². The van der Waals surface area contributed by atoms with E-state index in [1.165, 1.54) is 4.24 Å². The fourth-order valence-corrected chi connectivity index (χ4v) is 6.03. The molecule has 0 aliphatic carbocycles. The first kappa shape index (κ1) is 24.3. The molecule has 0 aliphatic rings. The molecule has 138 valence electrons. The fraction of sp³-hybridized carbons (Fsp3) is 0.750. The quantitative estimate of drug-likeness (QED) is 0.269. The molecule has 0 aromatic carbocycles. The molecule has 0 aromatic heterocycles.